The van der Waals surface area contributed by atoms with Gasteiger partial charge in [-0.3, -0.25) is 4.79 Å². The summed E-state index contributed by atoms with van der Waals surface area (Å²) >= 11 is 0. The summed E-state index contributed by atoms with van der Waals surface area (Å²) in [6, 6.07) is 17.3. The van der Waals surface area contributed by atoms with Crippen molar-refractivity contribution in [2.24, 2.45) is 7.05 Å². The lowest BCUT2D eigenvalue weighted by atomic mass is 10.0. The lowest BCUT2D eigenvalue weighted by Gasteiger charge is -2.16. The SMILES string of the molecule is CCOC(=O)C(C)Oc1ccc(Cc2c(C)n(C)c3cc(C(=O)N[C@@H](C)c4cccc(C(F)(F)F)c4)ccc23)cc1. The summed E-state index contributed by atoms with van der Waals surface area (Å²) in [6.45, 7) is 7.36. The van der Waals surface area contributed by atoms with Crippen molar-refractivity contribution in [2.45, 2.75) is 52.4 Å². The molecule has 0 aliphatic carbocycles. The monoisotopic (exact) mass is 566 g/mol. The molecule has 6 nitrogen and oxygen atoms in total. The van der Waals surface area contributed by atoms with Gasteiger partial charge in [0.15, 0.2) is 6.10 Å². The Balaban J connectivity index is 1.50. The van der Waals surface area contributed by atoms with E-state index in [0.717, 1.165) is 39.9 Å². The van der Waals surface area contributed by atoms with Crippen LogP contribution in [0.15, 0.2) is 66.7 Å². The van der Waals surface area contributed by atoms with Gasteiger partial charge in [0.2, 0.25) is 0 Å². The van der Waals surface area contributed by atoms with Crippen LogP contribution >= 0.6 is 0 Å². The minimum absolute atomic E-state index is 0.293. The van der Waals surface area contributed by atoms with Gasteiger partial charge >= 0.3 is 12.1 Å². The van der Waals surface area contributed by atoms with E-state index in [1.807, 2.05) is 48.9 Å². The van der Waals surface area contributed by atoms with Crippen molar-refractivity contribution >= 4 is 22.8 Å². The van der Waals surface area contributed by atoms with Gasteiger partial charge < -0.3 is 19.4 Å². The molecule has 1 heterocycles. The van der Waals surface area contributed by atoms with Crippen LogP contribution in [0.2, 0.25) is 0 Å². The number of aryl methyl sites for hydroxylation is 1. The molecule has 1 aromatic heterocycles. The number of hydrogen-bond acceptors (Lipinski definition) is 4. The van der Waals surface area contributed by atoms with Gasteiger partial charge in [-0.25, -0.2) is 4.79 Å². The van der Waals surface area contributed by atoms with Crippen LogP contribution in [0.3, 0.4) is 0 Å². The number of esters is 1. The molecule has 0 bridgehead atoms. The van der Waals surface area contributed by atoms with E-state index in [4.69, 9.17) is 9.47 Å². The first kappa shape index (κ1) is 29.7. The highest BCUT2D eigenvalue weighted by Gasteiger charge is 2.31. The summed E-state index contributed by atoms with van der Waals surface area (Å²) in [5.41, 5.74) is 4.12. The summed E-state index contributed by atoms with van der Waals surface area (Å²) in [7, 11) is 1.93. The van der Waals surface area contributed by atoms with Crippen LogP contribution in [-0.4, -0.2) is 29.2 Å². The molecule has 41 heavy (non-hydrogen) atoms. The van der Waals surface area contributed by atoms with Crippen molar-refractivity contribution in [1.82, 2.24) is 9.88 Å². The fraction of sp³-hybridized carbons (Fsp3) is 0.312. The Morgan fingerprint density at radius 1 is 1.00 bits per heavy atom. The zero-order chi connectivity index (χ0) is 29.9. The number of fused-ring (bicyclic) bond motifs is 1. The van der Waals surface area contributed by atoms with Crippen LogP contribution in [-0.2, 0) is 29.2 Å². The number of benzene rings is 3. The van der Waals surface area contributed by atoms with Crippen LogP contribution < -0.4 is 10.1 Å². The van der Waals surface area contributed by atoms with E-state index in [1.165, 1.54) is 6.07 Å². The minimum Gasteiger partial charge on any atom is -0.479 e. The predicted octanol–water partition coefficient (Wildman–Crippen LogP) is 6.92. The van der Waals surface area contributed by atoms with E-state index in [-0.39, 0.29) is 5.91 Å². The Morgan fingerprint density at radius 3 is 2.37 bits per heavy atom. The molecule has 0 saturated heterocycles. The van der Waals surface area contributed by atoms with E-state index in [0.29, 0.717) is 29.9 Å². The molecule has 4 rings (SSSR count). The lowest BCUT2D eigenvalue weighted by molar-refractivity contribution is -0.150. The Labute approximate surface area is 237 Å². The van der Waals surface area contributed by atoms with Gasteiger partial charge in [0.1, 0.15) is 5.75 Å². The number of hydrogen-bond donors (Lipinski definition) is 1. The standard InChI is InChI=1S/C32H33F3N2O4/c1-6-40-31(39)21(4)41-26-13-10-22(11-14-26)16-28-20(3)37(5)29-18-24(12-15-27(28)29)30(38)36-19(2)23-8-7-9-25(17-23)32(33,34)35/h7-15,17-19,21H,6,16H2,1-5H3,(H,36,38)/t19-,21?/m0/s1. The Bertz CT molecular complexity index is 1560. The van der Waals surface area contributed by atoms with Crippen molar-refractivity contribution in [3.8, 4) is 5.75 Å². The minimum atomic E-state index is -4.45. The van der Waals surface area contributed by atoms with Crippen molar-refractivity contribution in [1.29, 1.82) is 0 Å². The third-order valence-electron chi connectivity index (χ3n) is 7.18. The second-order valence-electron chi connectivity index (χ2n) is 10.0. The highest BCUT2D eigenvalue weighted by Crippen LogP contribution is 2.31. The number of nitrogens with one attached hydrogen (secondary N) is 1. The summed E-state index contributed by atoms with van der Waals surface area (Å²) in [5.74, 6) is -0.218. The molecule has 0 aliphatic heterocycles. The number of rotatable bonds is 9. The molecule has 1 unspecified atom stereocenters. The molecular formula is C32H33F3N2O4. The number of amides is 1. The number of carbonyl (C=O) groups is 2. The number of aromatic nitrogens is 1. The van der Waals surface area contributed by atoms with E-state index in [2.05, 4.69) is 5.32 Å². The van der Waals surface area contributed by atoms with E-state index in [9.17, 15) is 22.8 Å². The average molecular weight is 567 g/mol. The first-order valence-electron chi connectivity index (χ1n) is 13.4. The summed E-state index contributed by atoms with van der Waals surface area (Å²) in [6.07, 6.45) is -4.51. The second-order valence-corrected chi connectivity index (χ2v) is 10.0. The molecule has 1 N–H and O–H groups in total. The van der Waals surface area contributed by atoms with Crippen LogP contribution in [0.1, 0.15) is 65.1 Å². The molecule has 9 heteroatoms. The number of nitrogens with zero attached hydrogens (tertiary/aromatic N) is 1. The van der Waals surface area contributed by atoms with Crippen LogP contribution in [0.25, 0.3) is 10.9 Å². The first-order valence-corrected chi connectivity index (χ1v) is 13.4. The largest absolute Gasteiger partial charge is 0.479 e. The van der Waals surface area contributed by atoms with Crippen LogP contribution in [0.5, 0.6) is 5.75 Å². The second kappa shape index (κ2) is 12.1. The third-order valence-corrected chi connectivity index (χ3v) is 7.18. The molecule has 0 spiro atoms. The first-order chi connectivity index (χ1) is 19.4. The Kier molecular flexibility index (Phi) is 8.75. The molecule has 0 saturated carbocycles. The maximum atomic E-state index is 13.1. The van der Waals surface area contributed by atoms with E-state index in [1.54, 1.807) is 39.0 Å². The maximum absolute atomic E-state index is 13.1. The van der Waals surface area contributed by atoms with Crippen molar-refractivity contribution < 1.29 is 32.2 Å². The predicted molar refractivity (Wildman–Crippen MR) is 151 cm³/mol. The van der Waals surface area contributed by atoms with E-state index < -0.39 is 29.9 Å². The molecule has 0 fully saturated rings. The lowest BCUT2D eigenvalue weighted by Crippen LogP contribution is -2.26. The number of alkyl halides is 3. The molecule has 4 aromatic rings. The maximum Gasteiger partial charge on any atom is 0.416 e. The fourth-order valence-corrected chi connectivity index (χ4v) is 4.76. The zero-order valence-electron chi connectivity index (χ0n) is 23.6. The Morgan fingerprint density at radius 2 is 1.71 bits per heavy atom. The average Bonchev–Trinajstić information content (AvgIpc) is 3.17. The van der Waals surface area contributed by atoms with Gasteiger partial charge in [-0.05, 0) is 87.2 Å². The number of ether oxygens (including phenoxy) is 2. The van der Waals surface area contributed by atoms with Crippen LogP contribution in [0.4, 0.5) is 13.2 Å². The van der Waals surface area contributed by atoms with Crippen molar-refractivity contribution in [2.75, 3.05) is 6.61 Å². The summed E-state index contributed by atoms with van der Waals surface area (Å²) < 4.78 is 52.0. The number of carbonyl (C=O) groups excluding carboxylic acids is 2. The summed E-state index contributed by atoms with van der Waals surface area (Å²) in [4.78, 5) is 24.9. The van der Waals surface area contributed by atoms with Gasteiger partial charge in [0.25, 0.3) is 5.91 Å². The molecule has 3 aromatic carbocycles. The highest BCUT2D eigenvalue weighted by molar-refractivity contribution is 5.99. The van der Waals surface area contributed by atoms with Gasteiger partial charge in [0, 0.05) is 29.2 Å². The smallest absolute Gasteiger partial charge is 0.416 e. The van der Waals surface area contributed by atoms with Crippen LogP contribution in [0, 0.1) is 6.92 Å². The molecule has 0 aliphatic rings. The van der Waals surface area contributed by atoms with Gasteiger partial charge in [-0.15, -0.1) is 0 Å². The molecule has 1 amide bonds. The fourth-order valence-electron chi connectivity index (χ4n) is 4.76. The van der Waals surface area contributed by atoms with Gasteiger partial charge in [-0.2, -0.15) is 13.2 Å². The van der Waals surface area contributed by atoms with Gasteiger partial charge in [-0.1, -0.05) is 30.3 Å². The molecule has 2 atom stereocenters. The molecule has 216 valence electrons. The summed E-state index contributed by atoms with van der Waals surface area (Å²) in [5, 5.41) is 3.82. The quantitative estimate of drug-likeness (QED) is 0.223. The normalized spacial score (nSPS) is 13.1. The van der Waals surface area contributed by atoms with Crippen molar-refractivity contribution in [3.63, 3.8) is 0 Å². The molecule has 0 radical (unpaired) electrons. The molecular weight excluding hydrogens is 533 g/mol. The van der Waals surface area contributed by atoms with E-state index >= 15 is 0 Å². The van der Waals surface area contributed by atoms with Crippen molar-refractivity contribution in [3.05, 3.63) is 100 Å². The zero-order valence-corrected chi connectivity index (χ0v) is 23.6. The Hall–Kier alpha value is -4.27. The topological polar surface area (TPSA) is 69.6 Å². The van der Waals surface area contributed by atoms with Gasteiger partial charge in [0.05, 0.1) is 18.2 Å². The highest BCUT2D eigenvalue weighted by atomic mass is 19.4. The number of halogens is 3. The third kappa shape index (κ3) is 6.73.